The molecular formula is C19H14N2O2. The van der Waals surface area contributed by atoms with Crippen molar-refractivity contribution in [1.29, 1.82) is 0 Å². The molecule has 4 nitrogen and oxygen atoms in total. The van der Waals surface area contributed by atoms with Crippen LogP contribution in [0.2, 0.25) is 0 Å². The first kappa shape index (κ1) is 14.7. The lowest BCUT2D eigenvalue weighted by atomic mass is 9.97. The zero-order valence-corrected chi connectivity index (χ0v) is 12.3. The van der Waals surface area contributed by atoms with Gasteiger partial charge in [-0.05, 0) is 12.2 Å². The van der Waals surface area contributed by atoms with Gasteiger partial charge >= 0.3 is 0 Å². The number of hydrazone groups is 1. The first-order valence-electron chi connectivity index (χ1n) is 7.17. The van der Waals surface area contributed by atoms with E-state index in [-0.39, 0.29) is 17.3 Å². The average Bonchev–Trinajstić information content (AvgIpc) is 2.88. The number of hydrogen-bond acceptors (Lipinski definition) is 4. The van der Waals surface area contributed by atoms with Crippen molar-refractivity contribution in [2.45, 2.75) is 0 Å². The van der Waals surface area contributed by atoms with E-state index in [0.29, 0.717) is 16.7 Å². The van der Waals surface area contributed by atoms with Gasteiger partial charge in [0.15, 0.2) is 5.78 Å². The van der Waals surface area contributed by atoms with Crippen LogP contribution in [0.15, 0.2) is 89.2 Å². The van der Waals surface area contributed by atoms with Crippen molar-refractivity contribution < 1.29 is 9.59 Å². The fourth-order valence-electron chi connectivity index (χ4n) is 2.27. The molecule has 0 bridgehead atoms. The molecule has 23 heavy (non-hydrogen) atoms. The van der Waals surface area contributed by atoms with Gasteiger partial charge in [0.25, 0.3) is 0 Å². The molecule has 0 spiro atoms. The Bertz CT molecular complexity index is 819. The Balaban J connectivity index is 2.07. The predicted molar refractivity (Wildman–Crippen MR) is 89.3 cm³/mol. The average molecular weight is 302 g/mol. The van der Waals surface area contributed by atoms with Crippen LogP contribution >= 0.6 is 0 Å². The van der Waals surface area contributed by atoms with Crippen LogP contribution < -0.4 is 5.43 Å². The van der Waals surface area contributed by atoms with Crippen molar-refractivity contribution in [3.8, 4) is 0 Å². The van der Waals surface area contributed by atoms with Crippen LogP contribution in [0, 0.1) is 0 Å². The summed E-state index contributed by atoms with van der Waals surface area (Å²) in [6.45, 7) is 0. The maximum atomic E-state index is 12.7. The van der Waals surface area contributed by atoms with Crippen molar-refractivity contribution in [3.63, 3.8) is 0 Å². The molecule has 2 aromatic carbocycles. The van der Waals surface area contributed by atoms with Crippen molar-refractivity contribution in [2.75, 3.05) is 0 Å². The Morgan fingerprint density at radius 1 is 0.783 bits per heavy atom. The van der Waals surface area contributed by atoms with Crippen LogP contribution in [0.5, 0.6) is 0 Å². The Hall–Kier alpha value is -3.27. The van der Waals surface area contributed by atoms with Crippen molar-refractivity contribution in [3.05, 3.63) is 95.2 Å². The zero-order chi connectivity index (χ0) is 16.1. The minimum Gasteiger partial charge on any atom is -0.289 e. The molecule has 0 aromatic heterocycles. The number of ketones is 2. The molecule has 0 radical (unpaired) electrons. The second-order valence-electron chi connectivity index (χ2n) is 4.93. The summed E-state index contributed by atoms with van der Waals surface area (Å²) in [7, 11) is 0. The molecule has 0 unspecified atom stereocenters. The molecule has 0 aliphatic carbocycles. The second kappa shape index (κ2) is 6.66. The number of allylic oxidation sites excluding steroid dienone is 4. The topological polar surface area (TPSA) is 58.5 Å². The van der Waals surface area contributed by atoms with Gasteiger partial charge in [0, 0.05) is 17.3 Å². The third-order valence-corrected chi connectivity index (χ3v) is 3.41. The van der Waals surface area contributed by atoms with Crippen LogP contribution in [0.1, 0.15) is 20.7 Å². The van der Waals surface area contributed by atoms with Gasteiger partial charge < -0.3 is 0 Å². The second-order valence-corrected chi connectivity index (χ2v) is 4.93. The van der Waals surface area contributed by atoms with E-state index < -0.39 is 0 Å². The summed E-state index contributed by atoms with van der Waals surface area (Å²) < 4.78 is 0. The van der Waals surface area contributed by atoms with Crippen LogP contribution in [0.25, 0.3) is 0 Å². The normalized spacial score (nSPS) is 13.4. The Morgan fingerprint density at radius 3 is 1.96 bits per heavy atom. The lowest BCUT2D eigenvalue weighted by Crippen LogP contribution is -2.20. The summed E-state index contributed by atoms with van der Waals surface area (Å²) in [6, 6.07) is 17.7. The fourth-order valence-corrected chi connectivity index (χ4v) is 2.27. The van der Waals surface area contributed by atoms with Crippen LogP contribution in [0.3, 0.4) is 0 Å². The lowest BCUT2D eigenvalue weighted by Gasteiger charge is -2.10. The van der Waals surface area contributed by atoms with E-state index >= 15 is 0 Å². The van der Waals surface area contributed by atoms with Crippen molar-refractivity contribution in [2.24, 2.45) is 5.10 Å². The smallest absolute Gasteiger partial charge is 0.211 e. The SMILES string of the molecule is O=C(C1=C(C(=O)c2ccccc2)NN=CC=C1)c1ccccc1. The number of rotatable bonds is 4. The molecular weight excluding hydrogens is 288 g/mol. The van der Waals surface area contributed by atoms with Gasteiger partial charge in [0.2, 0.25) is 5.78 Å². The van der Waals surface area contributed by atoms with E-state index in [1.807, 2.05) is 12.1 Å². The molecule has 2 aromatic rings. The molecule has 1 aliphatic rings. The maximum absolute atomic E-state index is 12.7. The molecule has 0 saturated heterocycles. The molecule has 3 rings (SSSR count). The molecule has 1 heterocycles. The van der Waals surface area contributed by atoms with Gasteiger partial charge in [0.05, 0.1) is 5.57 Å². The van der Waals surface area contributed by atoms with Gasteiger partial charge in [-0.15, -0.1) is 0 Å². The number of nitrogens with zero attached hydrogens (tertiary/aromatic N) is 1. The number of hydrogen-bond donors (Lipinski definition) is 1. The van der Waals surface area contributed by atoms with Gasteiger partial charge in [-0.3, -0.25) is 15.0 Å². The maximum Gasteiger partial charge on any atom is 0.211 e. The quantitative estimate of drug-likeness (QED) is 0.883. The molecule has 0 atom stereocenters. The van der Waals surface area contributed by atoms with Crippen LogP contribution in [-0.2, 0) is 0 Å². The highest BCUT2D eigenvalue weighted by molar-refractivity contribution is 6.19. The third kappa shape index (κ3) is 3.16. The monoisotopic (exact) mass is 302 g/mol. The van der Waals surface area contributed by atoms with E-state index in [4.69, 9.17) is 0 Å². The molecule has 0 fully saturated rings. The van der Waals surface area contributed by atoms with Gasteiger partial charge in [-0.25, -0.2) is 0 Å². The molecule has 1 N–H and O–H groups in total. The van der Waals surface area contributed by atoms with Crippen LogP contribution in [0.4, 0.5) is 0 Å². The Kier molecular flexibility index (Phi) is 4.25. The van der Waals surface area contributed by atoms with Gasteiger partial charge in [0.1, 0.15) is 5.70 Å². The number of carbonyl (C=O) groups excluding carboxylic acids is 2. The lowest BCUT2D eigenvalue weighted by molar-refractivity contribution is 0.0996. The highest BCUT2D eigenvalue weighted by Crippen LogP contribution is 2.18. The van der Waals surface area contributed by atoms with Gasteiger partial charge in [-0.1, -0.05) is 60.7 Å². The molecule has 112 valence electrons. The third-order valence-electron chi connectivity index (χ3n) is 3.41. The number of benzene rings is 2. The Morgan fingerprint density at radius 2 is 1.35 bits per heavy atom. The van der Waals surface area contributed by atoms with Crippen molar-refractivity contribution >= 4 is 17.8 Å². The predicted octanol–water partition coefficient (Wildman–Crippen LogP) is 3.15. The summed E-state index contributed by atoms with van der Waals surface area (Å²) in [6.07, 6.45) is 4.74. The number of nitrogens with one attached hydrogen (secondary N) is 1. The zero-order valence-electron chi connectivity index (χ0n) is 12.3. The minimum absolute atomic E-state index is 0.176. The molecule has 0 amide bonds. The van der Waals surface area contributed by atoms with Gasteiger partial charge in [-0.2, -0.15) is 5.10 Å². The largest absolute Gasteiger partial charge is 0.289 e. The summed E-state index contributed by atoms with van der Waals surface area (Å²) >= 11 is 0. The van der Waals surface area contributed by atoms with Crippen molar-refractivity contribution in [1.82, 2.24) is 5.43 Å². The highest BCUT2D eigenvalue weighted by Gasteiger charge is 2.22. The molecule has 0 saturated carbocycles. The number of Topliss-reactive ketones (excluding diaryl/α,β-unsaturated/α-hetero) is 2. The van der Waals surface area contributed by atoms with E-state index in [1.54, 1.807) is 60.7 Å². The fraction of sp³-hybridized carbons (Fsp3) is 0. The van der Waals surface area contributed by atoms with E-state index in [9.17, 15) is 9.59 Å². The molecule has 4 heteroatoms. The van der Waals surface area contributed by atoms with E-state index in [1.165, 1.54) is 6.21 Å². The summed E-state index contributed by atoms with van der Waals surface area (Å²) in [5.41, 5.74) is 4.19. The first-order chi connectivity index (χ1) is 11.3. The first-order valence-corrected chi connectivity index (χ1v) is 7.17. The summed E-state index contributed by atoms with van der Waals surface area (Å²) in [5, 5.41) is 3.93. The highest BCUT2D eigenvalue weighted by atomic mass is 16.1. The molecule has 1 aliphatic heterocycles. The van der Waals surface area contributed by atoms with E-state index in [2.05, 4.69) is 10.5 Å². The number of carbonyl (C=O) groups is 2. The summed E-state index contributed by atoms with van der Waals surface area (Å²) in [4.78, 5) is 25.5. The van der Waals surface area contributed by atoms with E-state index in [0.717, 1.165) is 0 Å². The van der Waals surface area contributed by atoms with Crippen LogP contribution in [-0.4, -0.2) is 17.8 Å². The minimum atomic E-state index is -0.270. The standard InChI is InChI=1S/C19H14N2O2/c22-18(14-8-3-1-4-9-14)16-12-7-13-20-21-17(16)19(23)15-10-5-2-6-11-15/h1-13,21H. The summed E-state index contributed by atoms with van der Waals surface area (Å²) in [5.74, 6) is -0.493. The Labute approximate surface area is 133 Å².